The van der Waals surface area contributed by atoms with Gasteiger partial charge in [0.2, 0.25) is 0 Å². The van der Waals surface area contributed by atoms with E-state index in [9.17, 15) is 26.3 Å². The van der Waals surface area contributed by atoms with Gasteiger partial charge >= 0.3 is 105 Å². The number of hydrogen-bond donors (Lipinski definition) is 0. The fraction of sp³-hybridized carbons (Fsp3) is 0.737. The number of nitrogens with one attached hydrogen (secondary N) is 3. The van der Waals surface area contributed by atoms with Crippen LogP contribution in [0.15, 0.2) is 24.3 Å². The third-order valence-corrected chi connectivity index (χ3v) is 8.47. The Labute approximate surface area is 200 Å². The fourth-order valence-electron chi connectivity index (χ4n) is 1.14. The molecule has 3 nitrogen and oxygen atoms in total. The Morgan fingerprint density at radius 2 is 0.900 bits per heavy atom. The van der Waals surface area contributed by atoms with Crippen molar-refractivity contribution >= 4 is 18.7 Å². The fourth-order valence-corrected chi connectivity index (χ4v) is 4.78. The summed E-state index contributed by atoms with van der Waals surface area (Å²) in [5.41, 5.74) is 20.5. The molecule has 0 saturated carbocycles. The summed E-state index contributed by atoms with van der Waals surface area (Å²) >= 11 is -5.46. The Morgan fingerprint density at radius 3 is 1.03 bits per heavy atom. The van der Waals surface area contributed by atoms with Crippen molar-refractivity contribution < 1.29 is 52.2 Å². The zero-order valence-electron chi connectivity index (χ0n) is 18.5. The van der Waals surface area contributed by atoms with Gasteiger partial charge in [0.15, 0.2) is 0 Å². The van der Waals surface area contributed by atoms with E-state index in [4.69, 9.17) is 17.2 Å². The molecule has 3 atom stereocenters. The smallest absolute Gasteiger partial charge is 4.00 e. The molecular formula is C19H35F6GeHfN3. The first kappa shape index (κ1) is 37.5. The molecule has 0 spiro atoms. The zero-order chi connectivity index (χ0) is 23.8. The number of halogens is 6. The maximum atomic E-state index is 12.1. The van der Waals surface area contributed by atoms with Crippen molar-refractivity contribution in [1.82, 2.24) is 0 Å². The van der Waals surface area contributed by atoms with Crippen LogP contribution in [0.2, 0.25) is 0 Å². The van der Waals surface area contributed by atoms with Crippen LogP contribution >= 0.6 is 0 Å². The average molecular weight is 671 g/mol. The van der Waals surface area contributed by atoms with Gasteiger partial charge < -0.3 is 17.2 Å². The van der Waals surface area contributed by atoms with Crippen LogP contribution in [0.5, 0.6) is 0 Å². The van der Waals surface area contributed by atoms with Gasteiger partial charge in [-0.25, -0.2) is 0 Å². The molecule has 3 N–H and O–H groups in total. The molecule has 0 fully saturated rings. The van der Waals surface area contributed by atoms with E-state index >= 15 is 0 Å². The molecule has 0 amide bonds. The number of hydrogen-bond acceptors (Lipinski definition) is 0. The van der Waals surface area contributed by atoms with E-state index in [-0.39, 0.29) is 44.0 Å². The second-order valence-electron chi connectivity index (χ2n) is 6.66. The summed E-state index contributed by atoms with van der Waals surface area (Å²) in [7, 11) is 0. The summed E-state index contributed by atoms with van der Waals surface area (Å²) in [6, 6.07) is 4.56. The molecule has 0 aliphatic rings. The minimum absolute atomic E-state index is 0. The van der Waals surface area contributed by atoms with E-state index in [0.29, 0.717) is 0 Å². The second kappa shape index (κ2) is 19.9. The van der Waals surface area contributed by atoms with Gasteiger partial charge in [-0.15, -0.1) is 18.1 Å². The van der Waals surface area contributed by atoms with E-state index in [0.717, 1.165) is 31.4 Å². The summed E-state index contributed by atoms with van der Waals surface area (Å²) in [4.78, 5) is 0. The van der Waals surface area contributed by atoms with Crippen LogP contribution in [0.3, 0.4) is 0 Å². The molecule has 1 aromatic carbocycles. The molecule has 0 heterocycles. The van der Waals surface area contributed by atoms with Gasteiger partial charge in [0.05, 0.1) is 0 Å². The zero-order valence-corrected chi connectivity index (χ0v) is 24.5. The first-order valence-corrected chi connectivity index (χ1v) is 13.2. The van der Waals surface area contributed by atoms with Gasteiger partial charge in [-0.2, -0.15) is 0 Å². The maximum absolute atomic E-state index is 12.1. The maximum Gasteiger partial charge on any atom is 4.00 e. The second-order valence-corrected chi connectivity index (χ2v) is 12.6. The van der Waals surface area contributed by atoms with E-state index in [1.165, 1.54) is 12.1 Å². The third-order valence-electron chi connectivity index (χ3n) is 3.51. The minimum atomic E-state index is -5.46. The molecule has 0 radical (unpaired) electrons. The normalized spacial score (nSPS) is 13.9. The summed E-state index contributed by atoms with van der Waals surface area (Å²) in [5.74, 6) is 0. The van der Waals surface area contributed by atoms with E-state index in [1.807, 2.05) is 41.5 Å². The van der Waals surface area contributed by atoms with Gasteiger partial charge in [0.25, 0.3) is 0 Å². The molecule has 0 aliphatic heterocycles. The summed E-state index contributed by atoms with van der Waals surface area (Å²) in [6.45, 7) is 11.7. The van der Waals surface area contributed by atoms with Crippen LogP contribution in [-0.4, -0.2) is 42.5 Å². The van der Waals surface area contributed by atoms with Gasteiger partial charge in [-0.3, -0.25) is 0 Å². The van der Waals surface area contributed by atoms with Crippen LogP contribution in [0, 0.1) is 0 Å². The molecule has 30 heavy (non-hydrogen) atoms. The van der Waals surface area contributed by atoms with Gasteiger partial charge in [0, 0.05) is 0 Å². The number of alkyl halides is 6. The molecule has 0 aliphatic carbocycles. The Hall–Kier alpha value is 0.223. The standard InChI is InChI=1S/C7H5F6Ge.3C4H10N.Hf/c8-6(9,10)14(7(11,12)13)5-3-1-2-4-5;3*1-3-4(2)5;/h1-4,14H;3*4-5H,3H2,1-2H3;/q4*-1;+4. The van der Waals surface area contributed by atoms with E-state index < -0.39 is 28.8 Å². The summed E-state index contributed by atoms with van der Waals surface area (Å²) < 4.78 is 72.3. The molecule has 1 rings (SSSR count). The summed E-state index contributed by atoms with van der Waals surface area (Å²) in [6.07, 6.45) is 2.92. The first-order chi connectivity index (χ1) is 13.0. The van der Waals surface area contributed by atoms with Crippen LogP contribution in [0.4, 0.5) is 26.3 Å². The Morgan fingerprint density at radius 1 is 0.700 bits per heavy atom. The van der Waals surface area contributed by atoms with E-state index in [2.05, 4.69) is 0 Å². The monoisotopic (exact) mass is 673 g/mol. The Balaban J connectivity index is -0.000000176. The van der Waals surface area contributed by atoms with Gasteiger partial charge in [-0.1, -0.05) is 60.8 Å². The quantitative estimate of drug-likeness (QED) is 0.180. The van der Waals surface area contributed by atoms with Crippen molar-refractivity contribution in [2.45, 2.75) is 88.9 Å². The minimum Gasteiger partial charge on any atom is 4.00 e. The summed E-state index contributed by atoms with van der Waals surface area (Å²) in [5, 5.41) is -10.2. The molecule has 0 aromatic heterocycles. The molecule has 0 bridgehead atoms. The van der Waals surface area contributed by atoms with Gasteiger partial charge in [0.1, 0.15) is 0 Å². The molecular weight excluding hydrogens is 635 g/mol. The third kappa shape index (κ3) is 24.5. The molecule has 11 heteroatoms. The topological polar surface area (TPSA) is 71.4 Å². The molecule has 0 saturated heterocycles. The SMILES string of the molecule is CCC(C)[NH-].CCC(C)[NH-].CCC(C)[NH-].F[C](F)(F)[GeH]([c-]1cccc1)[C](F)(F)F.[Hf+4]. The van der Waals surface area contributed by atoms with E-state index in [1.54, 1.807) is 0 Å². The predicted molar refractivity (Wildman–Crippen MR) is 113 cm³/mol. The largest absolute Gasteiger partial charge is 4.00 e. The average Bonchev–Trinajstić information content (AvgIpc) is 3.07. The van der Waals surface area contributed by atoms with Crippen LogP contribution in [0.25, 0.3) is 17.2 Å². The van der Waals surface area contributed by atoms with Crippen LogP contribution < -0.4 is 4.40 Å². The van der Waals surface area contributed by atoms with Crippen molar-refractivity contribution in [1.29, 1.82) is 0 Å². The van der Waals surface area contributed by atoms with Crippen molar-refractivity contribution in [3.8, 4) is 0 Å². The number of rotatable bonds is 4. The van der Waals surface area contributed by atoms with Crippen LogP contribution in [-0.2, 0) is 25.8 Å². The Bertz CT molecular complexity index is 431. The predicted octanol–water partition coefficient (Wildman–Crippen LogP) is 7.55. The first-order valence-electron chi connectivity index (χ1n) is 9.52. The van der Waals surface area contributed by atoms with Crippen molar-refractivity contribution in [3.63, 3.8) is 0 Å². The molecule has 1 aromatic rings. The van der Waals surface area contributed by atoms with Crippen molar-refractivity contribution in [2.24, 2.45) is 0 Å². The Kier molecular flexibility index (Phi) is 24.9. The molecule has 3 unspecified atom stereocenters. The van der Waals surface area contributed by atoms with Crippen LogP contribution in [0.1, 0.15) is 60.8 Å². The van der Waals surface area contributed by atoms with Crippen molar-refractivity contribution in [2.75, 3.05) is 0 Å². The van der Waals surface area contributed by atoms with Crippen molar-refractivity contribution in [3.05, 3.63) is 41.5 Å². The van der Waals surface area contributed by atoms with Gasteiger partial charge in [-0.05, 0) is 0 Å². The molecule has 176 valence electrons.